The number of nitrogens with zero attached hydrogens (tertiary/aromatic N) is 1. The predicted molar refractivity (Wildman–Crippen MR) is 99.2 cm³/mol. The zero-order valence-corrected chi connectivity index (χ0v) is 15.8. The van der Waals surface area contributed by atoms with E-state index in [4.69, 9.17) is 0 Å². The number of carbonyl (C=O) groups is 2. The van der Waals surface area contributed by atoms with E-state index in [0.29, 0.717) is 6.54 Å². The van der Waals surface area contributed by atoms with Crippen LogP contribution in [0.3, 0.4) is 0 Å². The number of amides is 2. The molecule has 0 aliphatic rings. The van der Waals surface area contributed by atoms with E-state index in [1.807, 2.05) is 57.7 Å². The third-order valence-electron chi connectivity index (χ3n) is 3.70. The topological polar surface area (TPSA) is 61.4 Å². The highest BCUT2D eigenvalue weighted by molar-refractivity contribution is 5.94. The van der Waals surface area contributed by atoms with Crippen LogP contribution >= 0.6 is 0 Å². The summed E-state index contributed by atoms with van der Waals surface area (Å²) < 4.78 is 0. The molecule has 0 bridgehead atoms. The first-order chi connectivity index (χ1) is 11.2. The molecule has 2 N–H and O–H groups in total. The van der Waals surface area contributed by atoms with Crippen molar-refractivity contribution in [3.05, 3.63) is 29.3 Å². The van der Waals surface area contributed by atoms with Gasteiger partial charge in [-0.25, -0.2) is 0 Å². The SMILES string of the molecule is CCc1cccc(C)c1NC(=O)CN(CC)CC(=O)NC(C)(C)C. The number of hydrogen-bond acceptors (Lipinski definition) is 3. The van der Waals surface area contributed by atoms with E-state index in [1.54, 1.807) is 0 Å². The standard InChI is InChI=1S/C19H31N3O2/c1-7-15-11-9-10-14(3)18(15)20-16(23)12-22(8-2)13-17(24)21-19(4,5)6/h9-11H,7-8,12-13H2,1-6H3,(H,20,23)(H,21,24). The molecule has 134 valence electrons. The minimum atomic E-state index is -0.268. The molecule has 1 aromatic rings. The van der Waals surface area contributed by atoms with Crippen LogP contribution in [0.4, 0.5) is 5.69 Å². The van der Waals surface area contributed by atoms with E-state index in [2.05, 4.69) is 17.6 Å². The summed E-state index contributed by atoms with van der Waals surface area (Å²) in [7, 11) is 0. The van der Waals surface area contributed by atoms with Gasteiger partial charge in [-0.15, -0.1) is 0 Å². The average molecular weight is 333 g/mol. The molecule has 0 saturated carbocycles. The summed E-state index contributed by atoms with van der Waals surface area (Å²) in [6, 6.07) is 6.01. The first-order valence-electron chi connectivity index (χ1n) is 8.58. The number of nitrogens with one attached hydrogen (secondary N) is 2. The van der Waals surface area contributed by atoms with Crippen LogP contribution < -0.4 is 10.6 Å². The molecule has 5 nitrogen and oxygen atoms in total. The molecule has 0 spiro atoms. The number of para-hydroxylation sites is 1. The molecule has 1 aromatic carbocycles. The van der Waals surface area contributed by atoms with E-state index in [9.17, 15) is 9.59 Å². The summed E-state index contributed by atoms with van der Waals surface area (Å²) in [6.07, 6.45) is 0.864. The Kier molecular flexibility index (Phi) is 7.42. The first kappa shape index (κ1) is 20.2. The van der Waals surface area contributed by atoms with Crippen LogP contribution in [0, 0.1) is 6.92 Å². The molecule has 24 heavy (non-hydrogen) atoms. The number of likely N-dealkylation sites (N-methyl/N-ethyl adjacent to an activating group) is 1. The number of carbonyl (C=O) groups excluding carboxylic acids is 2. The Morgan fingerprint density at radius 1 is 1.08 bits per heavy atom. The second kappa shape index (κ2) is 8.83. The average Bonchev–Trinajstić information content (AvgIpc) is 2.46. The number of rotatable bonds is 7. The molecule has 0 heterocycles. The van der Waals surface area contributed by atoms with Gasteiger partial charge in [0, 0.05) is 11.2 Å². The van der Waals surface area contributed by atoms with Gasteiger partial charge in [-0.1, -0.05) is 32.0 Å². The van der Waals surface area contributed by atoms with Gasteiger partial charge in [-0.05, 0) is 51.8 Å². The fourth-order valence-electron chi connectivity index (χ4n) is 2.52. The van der Waals surface area contributed by atoms with E-state index in [-0.39, 0.29) is 30.4 Å². The number of benzene rings is 1. The Morgan fingerprint density at radius 3 is 2.25 bits per heavy atom. The van der Waals surface area contributed by atoms with Crippen molar-refractivity contribution in [3.63, 3.8) is 0 Å². The van der Waals surface area contributed by atoms with Gasteiger partial charge in [0.25, 0.3) is 0 Å². The second-order valence-electron chi connectivity index (χ2n) is 7.11. The van der Waals surface area contributed by atoms with Crippen LogP contribution in [0.5, 0.6) is 0 Å². The van der Waals surface area contributed by atoms with E-state index in [1.165, 1.54) is 0 Å². The molecule has 0 aromatic heterocycles. The highest BCUT2D eigenvalue weighted by Gasteiger charge is 2.18. The third kappa shape index (κ3) is 6.71. The predicted octanol–water partition coefficient (Wildman–Crippen LogP) is 2.73. The van der Waals surface area contributed by atoms with Gasteiger partial charge < -0.3 is 10.6 Å². The lowest BCUT2D eigenvalue weighted by atomic mass is 10.1. The lowest BCUT2D eigenvalue weighted by Crippen LogP contribution is -2.47. The number of hydrogen-bond donors (Lipinski definition) is 2. The molecule has 0 aliphatic heterocycles. The second-order valence-corrected chi connectivity index (χ2v) is 7.11. The minimum absolute atomic E-state index is 0.0673. The third-order valence-corrected chi connectivity index (χ3v) is 3.70. The van der Waals surface area contributed by atoms with Crippen LogP contribution in [0.2, 0.25) is 0 Å². The van der Waals surface area contributed by atoms with Crippen molar-refractivity contribution in [2.45, 2.75) is 53.5 Å². The number of aryl methyl sites for hydroxylation is 2. The summed E-state index contributed by atoms with van der Waals surface area (Å²) in [5, 5.41) is 5.93. The monoisotopic (exact) mass is 333 g/mol. The molecule has 0 unspecified atom stereocenters. The molecular formula is C19H31N3O2. The van der Waals surface area contributed by atoms with Gasteiger partial charge in [0.2, 0.25) is 11.8 Å². The van der Waals surface area contributed by atoms with Crippen molar-refractivity contribution in [2.75, 3.05) is 25.0 Å². The zero-order valence-electron chi connectivity index (χ0n) is 15.8. The molecule has 2 amide bonds. The van der Waals surface area contributed by atoms with Gasteiger partial charge in [0.15, 0.2) is 0 Å². The largest absolute Gasteiger partial charge is 0.350 e. The first-order valence-corrected chi connectivity index (χ1v) is 8.58. The maximum Gasteiger partial charge on any atom is 0.238 e. The fourth-order valence-corrected chi connectivity index (χ4v) is 2.52. The Labute approximate surface area is 145 Å². The normalized spacial score (nSPS) is 11.5. The van der Waals surface area contributed by atoms with E-state index in [0.717, 1.165) is 23.2 Å². The van der Waals surface area contributed by atoms with Gasteiger partial charge in [-0.2, -0.15) is 0 Å². The quantitative estimate of drug-likeness (QED) is 0.806. The van der Waals surface area contributed by atoms with Crippen LogP contribution in [-0.4, -0.2) is 41.9 Å². The molecule has 1 rings (SSSR count). The van der Waals surface area contributed by atoms with Crippen molar-refractivity contribution >= 4 is 17.5 Å². The van der Waals surface area contributed by atoms with Crippen LogP contribution in [0.1, 0.15) is 45.7 Å². The van der Waals surface area contributed by atoms with Crippen molar-refractivity contribution in [1.82, 2.24) is 10.2 Å². The molecule has 0 saturated heterocycles. The Bertz CT molecular complexity index is 576. The van der Waals surface area contributed by atoms with Crippen molar-refractivity contribution in [1.29, 1.82) is 0 Å². The maximum absolute atomic E-state index is 12.4. The lowest BCUT2D eigenvalue weighted by molar-refractivity contribution is -0.124. The Morgan fingerprint density at radius 2 is 1.71 bits per heavy atom. The van der Waals surface area contributed by atoms with Crippen molar-refractivity contribution in [2.24, 2.45) is 0 Å². The molecular weight excluding hydrogens is 302 g/mol. The lowest BCUT2D eigenvalue weighted by Gasteiger charge is -2.24. The van der Waals surface area contributed by atoms with Crippen LogP contribution in [-0.2, 0) is 16.0 Å². The molecule has 5 heteroatoms. The zero-order chi connectivity index (χ0) is 18.3. The Hall–Kier alpha value is -1.88. The highest BCUT2D eigenvalue weighted by atomic mass is 16.2. The summed E-state index contributed by atoms with van der Waals surface area (Å²) in [5.74, 6) is -0.160. The van der Waals surface area contributed by atoms with E-state index < -0.39 is 0 Å². The number of anilines is 1. The van der Waals surface area contributed by atoms with Crippen molar-refractivity contribution < 1.29 is 9.59 Å². The smallest absolute Gasteiger partial charge is 0.238 e. The van der Waals surface area contributed by atoms with Crippen molar-refractivity contribution in [3.8, 4) is 0 Å². The summed E-state index contributed by atoms with van der Waals surface area (Å²) in [5.41, 5.74) is 2.80. The van der Waals surface area contributed by atoms with Crippen LogP contribution in [0.25, 0.3) is 0 Å². The Balaban J connectivity index is 2.67. The minimum Gasteiger partial charge on any atom is -0.350 e. The molecule has 0 fully saturated rings. The van der Waals surface area contributed by atoms with Crippen LogP contribution in [0.15, 0.2) is 18.2 Å². The summed E-state index contributed by atoms with van der Waals surface area (Å²) in [4.78, 5) is 26.3. The fraction of sp³-hybridized carbons (Fsp3) is 0.579. The maximum atomic E-state index is 12.4. The van der Waals surface area contributed by atoms with Gasteiger partial charge >= 0.3 is 0 Å². The molecule has 0 radical (unpaired) electrons. The van der Waals surface area contributed by atoms with Gasteiger partial charge in [0.1, 0.15) is 0 Å². The molecule has 0 atom stereocenters. The highest BCUT2D eigenvalue weighted by Crippen LogP contribution is 2.20. The van der Waals surface area contributed by atoms with Gasteiger partial charge in [0.05, 0.1) is 13.1 Å². The molecule has 0 aliphatic carbocycles. The summed E-state index contributed by atoms with van der Waals surface area (Å²) >= 11 is 0. The van der Waals surface area contributed by atoms with E-state index >= 15 is 0 Å². The van der Waals surface area contributed by atoms with Gasteiger partial charge in [-0.3, -0.25) is 14.5 Å². The summed E-state index contributed by atoms with van der Waals surface area (Å²) in [6.45, 7) is 12.9.